The molecule has 0 aliphatic carbocycles. The van der Waals surface area contributed by atoms with Gasteiger partial charge in [-0.1, -0.05) is 6.07 Å². The molecule has 2 aromatic heterocycles. The SMILES string of the molecule is CCOc1ncccc1CNC(=O)c1cc(Br)cn1CC. The Kier molecular flexibility index (Phi) is 5.38. The third kappa shape index (κ3) is 3.85. The summed E-state index contributed by atoms with van der Waals surface area (Å²) in [6, 6.07) is 5.54. The Labute approximate surface area is 132 Å². The topological polar surface area (TPSA) is 56.1 Å². The fourth-order valence-electron chi connectivity index (χ4n) is 2.02. The van der Waals surface area contributed by atoms with E-state index in [-0.39, 0.29) is 5.91 Å². The van der Waals surface area contributed by atoms with Gasteiger partial charge in [0, 0.05) is 35.5 Å². The second-order valence-corrected chi connectivity index (χ2v) is 5.33. The van der Waals surface area contributed by atoms with Crippen molar-refractivity contribution in [2.45, 2.75) is 26.9 Å². The molecule has 21 heavy (non-hydrogen) atoms. The molecule has 0 saturated carbocycles. The van der Waals surface area contributed by atoms with E-state index >= 15 is 0 Å². The highest BCUT2D eigenvalue weighted by atomic mass is 79.9. The first-order chi connectivity index (χ1) is 10.2. The molecule has 112 valence electrons. The molecule has 0 unspecified atom stereocenters. The summed E-state index contributed by atoms with van der Waals surface area (Å²) >= 11 is 3.39. The summed E-state index contributed by atoms with van der Waals surface area (Å²) in [4.78, 5) is 16.4. The fourth-order valence-corrected chi connectivity index (χ4v) is 2.48. The molecule has 2 rings (SSSR count). The molecular formula is C15H18BrN3O2. The van der Waals surface area contributed by atoms with Crippen molar-refractivity contribution in [1.29, 1.82) is 0 Å². The van der Waals surface area contributed by atoms with Crippen LogP contribution in [-0.2, 0) is 13.1 Å². The van der Waals surface area contributed by atoms with Crippen molar-refractivity contribution in [3.05, 3.63) is 46.3 Å². The number of carbonyl (C=O) groups is 1. The van der Waals surface area contributed by atoms with Gasteiger partial charge < -0.3 is 14.6 Å². The minimum Gasteiger partial charge on any atom is -0.478 e. The van der Waals surface area contributed by atoms with Crippen LogP contribution in [0.15, 0.2) is 35.1 Å². The van der Waals surface area contributed by atoms with Gasteiger partial charge in [0.2, 0.25) is 5.88 Å². The number of aryl methyl sites for hydroxylation is 1. The van der Waals surface area contributed by atoms with Gasteiger partial charge in [-0.25, -0.2) is 4.98 Å². The smallest absolute Gasteiger partial charge is 0.268 e. The number of hydrogen-bond acceptors (Lipinski definition) is 3. The van der Waals surface area contributed by atoms with E-state index in [0.717, 1.165) is 16.6 Å². The van der Waals surface area contributed by atoms with Crippen LogP contribution in [0.4, 0.5) is 0 Å². The minimum absolute atomic E-state index is 0.117. The summed E-state index contributed by atoms with van der Waals surface area (Å²) < 4.78 is 8.24. The van der Waals surface area contributed by atoms with Gasteiger partial charge in [-0.15, -0.1) is 0 Å². The molecule has 0 radical (unpaired) electrons. The number of aromatic nitrogens is 2. The zero-order chi connectivity index (χ0) is 15.2. The van der Waals surface area contributed by atoms with E-state index in [0.29, 0.717) is 24.7 Å². The molecule has 0 fully saturated rings. The first-order valence-corrected chi connectivity index (χ1v) is 7.65. The summed E-state index contributed by atoms with van der Waals surface area (Å²) in [6.07, 6.45) is 3.57. The van der Waals surface area contributed by atoms with Crippen LogP contribution in [0.2, 0.25) is 0 Å². The molecule has 0 atom stereocenters. The molecule has 1 N–H and O–H groups in total. The molecule has 0 spiro atoms. The van der Waals surface area contributed by atoms with Gasteiger partial charge in [0.05, 0.1) is 6.61 Å². The summed E-state index contributed by atoms with van der Waals surface area (Å²) in [5, 5.41) is 2.90. The highest BCUT2D eigenvalue weighted by Gasteiger charge is 2.13. The quantitative estimate of drug-likeness (QED) is 0.870. The van der Waals surface area contributed by atoms with Gasteiger partial charge in [-0.05, 0) is 41.9 Å². The van der Waals surface area contributed by atoms with Crippen molar-refractivity contribution in [1.82, 2.24) is 14.9 Å². The maximum Gasteiger partial charge on any atom is 0.268 e. The molecule has 5 nitrogen and oxygen atoms in total. The number of nitrogens with zero attached hydrogens (tertiary/aromatic N) is 2. The predicted molar refractivity (Wildman–Crippen MR) is 84.4 cm³/mol. The highest BCUT2D eigenvalue weighted by Crippen LogP contribution is 2.16. The molecule has 0 bridgehead atoms. The lowest BCUT2D eigenvalue weighted by atomic mass is 10.2. The number of amides is 1. The number of halogens is 1. The van der Waals surface area contributed by atoms with Gasteiger partial charge >= 0.3 is 0 Å². The third-order valence-corrected chi connectivity index (χ3v) is 3.44. The Hall–Kier alpha value is -1.82. The average Bonchev–Trinajstić information content (AvgIpc) is 2.87. The number of carbonyl (C=O) groups excluding carboxylic acids is 1. The van der Waals surface area contributed by atoms with E-state index in [4.69, 9.17) is 4.74 Å². The third-order valence-electron chi connectivity index (χ3n) is 3.01. The number of rotatable bonds is 6. The monoisotopic (exact) mass is 351 g/mol. The van der Waals surface area contributed by atoms with Crippen LogP contribution in [0.3, 0.4) is 0 Å². The van der Waals surface area contributed by atoms with Crippen molar-refractivity contribution in [3.8, 4) is 5.88 Å². The molecule has 1 amide bonds. The Morgan fingerprint density at radius 1 is 1.48 bits per heavy atom. The standard InChI is InChI=1S/C15H18BrN3O2/c1-3-19-10-12(16)8-13(19)14(20)18-9-11-6-5-7-17-15(11)21-4-2/h5-8,10H,3-4,9H2,1-2H3,(H,18,20). The molecule has 0 aromatic carbocycles. The van der Waals surface area contributed by atoms with E-state index in [2.05, 4.69) is 26.2 Å². The normalized spacial score (nSPS) is 10.4. The van der Waals surface area contributed by atoms with Crippen molar-refractivity contribution in [2.24, 2.45) is 0 Å². The van der Waals surface area contributed by atoms with Crippen molar-refractivity contribution in [2.75, 3.05) is 6.61 Å². The number of hydrogen-bond donors (Lipinski definition) is 1. The molecular weight excluding hydrogens is 334 g/mol. The van der Waals surface area contributed by atoms with Crippen LogP contribution >= 0.6 is 15.9 Å². The first kappa shape index (κ1) is 15.6. The second kappa shape index (κ2) is 7.26. The molecule has 0 saturated heterocycles. The lowest BCUT2D eigenvalue weighted by Crippen LogP contribution is -2.25. The Morgan fingerprint density at radius 3 is 3.00 bits per heavy atom. The van der Waals surface area contributed by atoms with Gasteiger partial charge in [-0.2, -0.15) is 0 Å². The van der Waals surface area contributed by atoms with Gasteiger partial charge in [0.1, 0.15) is 5.69 Å². The Bertz CT molecular complexity index is 625. The Morgan fingerprint density at radius 2 is 2.29 bits per heavy atom. The lowest BCUT2D eigenvalue weighted by Gasteiger charge is -2.10. The van der Waals surface area contributed by atoms with Crippen molar-refractivity contribution in [3.63, 3.8) is 0 Å². The summed E-state index contributed by atoms with van der Waals surface area (Å²) in [5.41, 5.74) is 1.49. The summed E-state index contributed by atoms with van der Waals surface area (Å²) in [6.45, 7) is 5.57. The van der Waals surface area contributed by atoms with E-state index in [9.17, 15) is 4.79 Å². The zero-order valence-electron chi connectivity index (χ0n) is 12.1. The van der Waals surface area contributed by atoms with Gasteiger partial charge in [-0.3, -0.25) is 4.79 Å². The molecule has 2 heterocycles. The van der Waals surface area contributed by atoms with E-state index in [1.54, 1.807) is 6.20 Å². The van der Waals surface area contributed by atoms with Crippen LogP contribution < -0.4 is 10.1 Å². The van der Waals surface area contributed by atoms with Crippen LogP contribution in [-0.4, -0.2) is 22.1 Å². The summed E-state index contributed by atoms with van der Waals surface area (Å²) in [5.74, 6) is 0.446. The molecule has 0 aliphatic heterocycles. The van der Waals surface area contributed by atoms with Crippen LogP contribution in [0.1, 0.15) is 29.9 Å². The molecule has 6 heteroatoms. The van der Waals surface area contributed by atoms with E-state index < -0.39 is 0 Å². The van der Waals surface area contributed by atoms with Crippen LogP contribution in [0.5, 0.6) is 5.88 Å². The minimum atomic E-state index is -0.117. The second-order valence-electron chi connectivity index (χ2n) is 4.41. The average molecular weight is 352 g/mol. The highest BCUT2D eigenvalue weighted by molar-refractivity contribution is 9.10. The van der Waals surface area contributed by atoms with Crippen molar-refractivity contribution >= 4 is 21.8 Å². The number of ether oxygens (including phenoxy) is 1. The number of nitrogens with one attached hydrogen (secondary N) is 1. The Balaban J connectivity index is 2.07. The lowest BCUT2D eigenvalue weighted by molar-refractivity contribution is 0.0941. The van der Waals surface area contributed by atoms with Gasteiger partial charge in [0.15, 0.2) is 0 Å². The molecule has 0 aliphatic rings. The largest absolute Gasteiger partial charge is 0.478 e. The predicted octanol–water partition coefficient (Wildman–Crippen LogP) is 2.99. The maximum atomic E-state index is 12.3. The van der Waals surface area contributed by atoms with Crippen LogP contribution in [0.25, 0.3) is 0 Å². The van der Waals surface area contributed by atoms with E-state index in [1.807, 2.05) is 42.8 Å². The number of pyridine rings is 1. The van der Waals surface area contributed by atoms with E-state index in [1.165, 1.54) is 0 Å². The molecule has 2 aromatic rings. The van der Waals surface area contributed by atoms with Crippen LogP contribution in [0, 0.1) is 0 Å². The fraction of sp³-hybridized carbons (Fsp3) is 0.333. The maximum absolute atomic E-state index is 12.3. The first-order valence-electron chi connectivity index (χ1n) is 6.86. The zero-order valence-corrected chi connectivity index (χ0v) is 13.7. The van der Waals surface area contributed by atoms with Crippen molar-refractivity contribution < 1.29 is 9.53 Å². The summed E-state index contributed by atoms with van der Waals surface area (Å²) in [7, 11) is 0. The van der Waals surface area contributed by atoms with Gasteiger partial charge in [0.25, 0.3) is 5.91 Å².